The van der Waals surface area contributed by atoms with Crippen LogP contribution in [0.1, 0.15) is 38.8 Å². The van der Waals surface area contributed by atoms with Gasteiger partial charge in [-0.25, -0.2) is 0 Å². The van der Waals surface area contributed by atoms with Gasteiger partial charge >= 0.3 is 228 Å². The Morgan fingerprint density at radius 1 is 0.486 bits per heavy atom. The minimum absolute atomic E-state index is 0.0359. The normalized spacial score (nSPS) is 12.3. The Bertz CT molecular complexity index is 1190. The van der Waals surface area contributed by atoms with E-state index in [1.807, 2.05) is 14.2 Å². The molecular weight excluding hydrogens is 559 g/mol. The second-order valence-electron chi connectivity index (χ2n) is 11.3. The quantitative estimate of drug-likeness (QED) is 0.179. The first-order valence-electron chi connectivity index (χ1n) is 13.1. The summed E-state index contributed by atoms with van der Waals surface area (Å²) in [5.41, 5.74) is 2.68. The molecule has 0 radical (unpaired) electrons. The molecular formula is C34H40O2Sn. The van der Waals surface area contributed by atoms with Gasteiger partial charge in [0.05, 0.1) is 0 Å². The Labute approximate surface area is 227 Å². The number of rotatable bonds is 10. The summed E-state index contributed by atoms with van der Waals surface area (Å²) in [6.45, 7) is 9.64. The summed E-state index contributed by atoms with van der Waals surface area (Å²) >= 11 is -3.67. The van der Waals surface area contributed by atoms with Gasteiger partial charge in [-0.1, -0.05) is 0 Å². The summed E-state index contributed by atoms with van der Waals surface area (Å²) in [6, 6.07) is 39.5. The second-order valence-corrected chi connectivity index (χ2v) is 22.6. The van der Waals surface area contributed by atoms with E-state index in [2.05, 4.69) is 137 Å². The first-order valence-corrected chi connectivity index (χ1v) is 20.0. The minimum atomic E-state index is -3.67. The van der Waals surface area contributed by atoms with Crippen molar-refractivity contribution in [3.8, 4) is 11.5 Å². The van der Waals surface area contributed by atoms with E-state index in [0.717, 1.165) is 20.4 Å². The van der Waals surface area contributed by atoms with E-state index in [0.29, 0.717) is 0 Å². The Morgan fingerprint density at radius 3 is 1.16 bits per heavy atom. The van der Waals surface area contributed by atoms with Crippen LogP contribution in [0.4, 0.5) is 0 Å². The van der Waals surface area contributed by atoms with Gasteiger partial charge in [0.15, 0.2) is 0 Å². The molecule has 0 unspecified atom stereocenters. The monoisotopic (exact) mass is 600 g/mol. The molecule has 0 fully saturated rings. The molecule has 0 heterocycles. The van der Waals surface area contributed by atoms with Crippen molar-refractivity contribution < 1.29 is 9.47 Å². The predicted molar refractivity (Wildman–Crippen MR) is 160 cm³/mol. The fourth-order valence-corrected chi connectivity index (χ4v) is 25.4. The van der Waals surface area contributed by atoms with Crippen molar-refractivity contribution in [2.75, 3.05) is 14.2 Å². The van der Waals surface area contributed by atoms with Gasteiger partial charge in [-0.2, -0.15) is 0 Å². The molecule has 192 valence electrons. The third-order valence-corrected chi connectivity index (χ3v) is 24.6. The molecule has 0 aliphatic rings. The van der Waals surface area contributed by atoms with Gasteiger partial charge in [0.2, 0.25) is 0 Å². The van der Waals surface area contributed by atoms with E-state index in [1.165, 1.54) is 18.3 Å². The molecule has 37 heavy (non-hydrogen) atoms. The van der Waals surface area contributed by atoms with E-state index in [-0.39, 0.29) is 10.8 Å². The molecule has 4 aromatic carbocycles. The third-order valence-electron chi connectivity index (χ3n) is 7.84. The van der Waals surface area contributed by atoms with Gasteiger partial charge in [-0.3, -0.25) is 0 Å². The summed E-state index contributed by atoms with van der Waals surface area (Å²) in [4.78, 5) is 0. The van der Waals surface area contributed by atoms with Crippen molar-refractivity contribution in [3.63, 3.8) is 0 Å². The molecule has 0 atom stereocenters. The Morgan fingerprint density at radius 2 is 0.811 bits per heavy atom. The van der Waals surface area contributed by atoms with Gasteiger partial charge in [0.1, 0.15) is 0 Å². The van der Waals surface area contributed by atoms with Crippen LogP contribution in [0, 0.1) is 0 Å². The molecule has 0 aromatic heterocycles. The van der Waals surface area contributed by atoms with Gasteiger partial charge in [0.25, 0.3) is 0 Å². The summed E-state index contributed by atoms with van der Waals surface area (Å²) in [7, 11) is 3.62. The molecule has 3 heteroatoms. The van der Waals surface area contributed by atoms with Gasteiger partial charge < -0.3 is 0 Å². The average Bonchev–Trinajstić information content (AvgIpc) is 2.93. The van der Waals surface area contributed by atoms with Crippen LogP contribution >= 0.6 is 0 Å². The number of ether oxygens (including phenoxy) is 2. The van der Waals surface area contributed by atoms with Crippen LogP contribution in [-0.4, -0.2) is 32.6 Å². The first kappa shape index (κ1) is 27.3. The van der Waals surface area contributed by atoms with Crippen molar-refractivity contribution >= 4 is 25.5 Å². The van der Waals surface area contributed by atoms with Gasteiger partial charge in [0, 0.05) is 0 Å². The van der Waals surface area contributed by atoms with Crippen LogP contribution in [0.5, 0.6) is 11.5 Å². The van der Waals surface area contributed by atoms with Crippen LogP contribution in [0.15, 0.2) is 109 Å². The summed E-state index contributed by atoms with van der Waals surface area (Å²) in [6.07, 6.45) is 0. The van der Waals surface area contributed by atoms with Crippen molar-refractivity contribution in [2.45, 2.75) is 47.4 Å². The van der Waals surface area contributed by atoms with E-state index < -0.39 is 18.4 Å². The maximum absolute atomic E-state index is 6.10. The topological polar surface area (TPSA) is 18.5 Å². The summed E-state index contributed by atoms with van der Waals surface area (Å²) in [5.74, 6) is 1.99. The van der Waals surface area contributed by atoms with Crippen LogP contribution in [-0.2, 0) is 10.8 Å². The fourth-order valence-electron chi connectivity index (χ4n) is 6.16. The molecule has 2 nitrogen and oxygen atoms in total. The molecule has 0 amide bonds. The van der Waals surface area contributed by atoms with E-state index in [9.17, 15) is 0 Å². The number of hydrogen-bond acceptors (Lipinski definition) is 2. The van der Waals surface area contributed by atoms with Crippen LogP contribution in [0.2, 0.25) is 8.87 Å². The molecule has 0 saturated carbocycles. The summed E-state index contributed by atoms with van der Waals surface area (Å²) < 4.78 is 17.2. The molecule has 4 rings (SSSR count). The number of hydrogen-bond donors (Lipinski definition) is 0. The molecule has 0 aliphatic heterocycles. The van der Waals surface area contributed by atoms with Crippen LogP contribution in [0.25, 0.3) is 0 Å². The average molecular weight is 599 g/mol. The van der Waals surface area contributed by atoms with Crippen LogP contribution in [0.3, 0.4) is 0 Å². The van der Waals surface area contributed by atoms with Crippen molar-refractivity contribution in [2.24, 2.45) is 0 Å². The van der Waals surface area contributed by atoms with Crippen molar-refractivity contribution in [1.29, 1.82) is 0 Å². The van der Waals surface area contributed by atoms with Gasteiger partial charge in [-0.15, -0.1) is 0 Å². The number of benzene rings is 4. The zero-order chi connectivity index (χ0) is 26.5. The number of para-hydroxylation sites is 2. The van der Waals surface area contributed by atoms with Crippen molar-refractivity contribution in [1.82, 2.24) is 0 Å². The van der Waals surface area contributed by atoms with E-state index in [1.54, 1.807) is 0 Å². The number of methoxy groups -OCH3 is 2. The van der Waals surface area contributed by atoms with Crippen molar-refractivity contribution in [3.05, 3.63) is 120 Å². The molecule has 0 aliphatic carbocycles. The molecule has 0 N–H and O–H groups in total. The Kier molecular flexibility index (Phi) is 8.38. The van der Waals surface area contributed by atoms with Crippen LogP contribution < -0.4 is 16.6 Å². The fraction of sp³-hybridized carbons (Fsp3) is 0.294. The predicted octanol–water partition coefficient (Wildman–Crippen LogP) is 7.22. The Hall–Kier alpha value is -2.72. The maximum atomic E-state index is 6.10. The van der Waals surface area contributed by atoms with E-state index in [4.69, 9.17) is 9.47 Å². The zero-order valence-corrected chi connectivity index (χ0v) is 26.0. The zero-order valence-electron chi connectivity index (χ0n) is 23.1. The molecule has 0 bridgehead atoms. The van der Waals surface area contributed by atoms with E-state index >= 15 is 0 Å². The Balaban J connectivity index is 2.04. The SMILES string of the molecule is COc1cccc[c]1[Sn]([CH2]C(C)(C)c1ccccc1)([CH2]C(C)(C)c1ccccc1)[c]1ccccc1OC. The molecule has 0 spiro atoms. The first-order chi connectivity index (χ1) is 17.7. The standard InChI is InChI=1S/2C10H13.2C7H7O.Sn/c2*1-10(2,3)9-7-5-4-6-8-9;2*1-8-7-5-3-2-4-6-7;/h2*4-8H,1H2,2-3H3;2*2-5H,1H3;. The molecule has 0 saturated heterocycles. The molecule has 4 aromatic rings. The second kappa shape index (κ2) is 11.3. The van der Waals surface area contributed by atoms with Gasteiger partial charge in [-0.05, 0) is 0 Å². The third kappa shape index (κ3) is 5.75. The summed E-state index contributed by atoms with van der Waals surface area (Å²) in [5, 5.41) is 0.